The molecular formula is C25H27F3N2O3. The number of ether oxygens (including phenoxy) is 3. The van der Waals surface area contributed by atoms with Crippen molar-refractivity contribution in [2.75, 3.05) is 26.2 Å². The molecule has 0 saturated carbocycles. The molecular weight excluding hydrogens is 433 g/mol. The maximum Gasteiger partial charge on any atom is 0.239 e. The molecule has 2 aromatic carbocycles. The average Bonchev–Trinajstić information content (AvgIpc) is 2.83. The van der Waals surface area contributed by atoms with Crippen LogP contribution in [0.5, 0.6) is 17.4 Å². The number of alkyl halides is 2. The summed E-state index contributed by atoms with van der Waals surface area (Å²) in [5.74, 6) is 1.06. The van der Waals surface area contributed by atoms with Crippen LogP contribution in [-0.2, 0) is 19.5 Å². The molecule has 3 aromatic rings. The number of nitrogens with zero attached hydrogens (tertiary/aromatic N) is 2. The van der Waals surface area contributed by atoms with Crippen molar-refractivity contribution in [1.82, 2.24) is 4.98 Å². The maximum absolute atomic E-state index is 15.2. The topological polar surface area (TPSA) is 43.8 Å². The third kappa shape index (κ3) is 6.54. The fourth-order valence-corrected chi connectivity index (χ4v) is 3.45. The third-order valence-electron chi connectivity index (χ3n) is 5.19. The number of aromatic nitrogens is 1. The van der Waals surface area contributed by atoms with Crippen molar-refractivity contribution in [2.45, 2.75) is 32.4 Å². The quantitative estimate of drug-likeness (QED) is 0.370. The van der Waals surface area contributed by atoms with E-state index < -0.39 is 18.7 Å². The summed E-state index contributed by atoms with van der Waals surface area (Å²) in [6.45, 7) is 0.721. The highest BCUT2D eigenvalue weighted by molar-refractivity contribution is 5.47. The smallest absolute Gasteiger partial charge is 0.239 e. The molecule has 0 fully saturated rings. The van der Waals surface area contributed by atoms with Crippen LogP contribution in [0.4, 0.5) is 19.0 Å². The van der Waals surface area contributed by atoms with E-state index in [1.807, 2.05) is 48.5 Å². The first-order valence-electron chi connectivity index (χ1n) is 10.5. The summed E-state index contributed by atoms with van der Waals surface area (Å²) in [7, 11) is 4.57. The Balaban J connectivity index is 1.95. The van der Waals surface area contributed by atoms with Crippen molar-refractivity contribution >= 4 is 5.82 Å². The SMILES string of the molecule is COc1ccc(CN(Cc2ccc(OC)cc2)c2nc(OC)c(CCC(F)F)cc2F)cc1. The molecule has 1 aromatic heterocycles. The van der Waals surface area contributed by atoms with Gasteiger partial charge in [-0.25, -0.2) is 13.2 Å². The molecule has 0 amide bonds. The number of rotatable bonds is 11. The number of anilines is 1. The van der Waals surface area contributed by atoms with Crippen LogP contribution < -0.4 is 19.1 Å². The summed E-state index contributed by atoms with van der Waals surface area (Å²) in [6.07, 6.45) is -2.90. The predicted molar refractivity (Wildman–Crippen MR) is 121 cm³/mol. The molecule has 8 heteroatoms. The fourth-order valence-electron chi connectivity index (χ4n) is 3.45. The van der Waals surface area contributed by atoms with E-state index in [-0.39, 0.29) is 18.1 Å². The minimum atomic E-state index is -2.49. The molecule has 0 saturated heterocycles. The number of halogens is 3. The highest BCUT2D eigenvalue weighted by atomic mass is 19.3. The van der Waals surface area contributed by atoms with Crippen molar-refractivity contribution in [3.05, 3.63) is 77.1 Å². The number of aryl methyl sites for hydroxylation is 1. The molecule has 0 aliphatic rings. The summed E-state index contributed by atoms with van der Waals surface area (Å²) in [5.41, 5.74) is 2.16. The van der Waals surface area contributed by atoms with Crippen LogP contribution in [0.25, 0.3) is 0 Å². The molecule has 0 aliphatic heterocycles. The zero-order valence-electron chi connectivity index (χ0n) is 18.9. The lowest BCUT2D eigenvalue weighted by molar-refractivity contribution is 0.137. The van der Waals surface area contributed by atoms with E-state index in [2.05, 4.69) is 4.98 Å². The zero-order valence-corrected chi connectivity index (χ0v) is 18.9. The van der Waals surface area contributed by atoms with Crippen LogP contribution in [0.1, 0.15) is 23.1 Å². The van der Waals surface area contributed by atoms with Crippen LogP contribution in [0, 0.1) is 5.82 Å². The second kappa shape index (κ2) is 11.4. The number of hydrogen-bond acceptors (Lipinski definition) is 5. The second-order valence-corrected chi connectivity index (χ2v) is 7.44. The van der Waals surface area contributed by atoms with Gasteiger partial charge in [-0.1, -0.05) is 24.3 Å². The summed E-state index contributed by atoms with van der Waals surface area (Å²) in [4.78, 5) is 6.14. The molecule has 0 spiro atoms. The van der Waals surface area contributed by atoms with E-state index in [9.17, 15) is 8.78 Å². The van der Waals surface area contributed by atoms with Gasteiger partial charge in [0.25, 0.3) is 0 Å². The van der Waals surface area contributed by atoms with E-state index in [1.54, 1.807) is 19.1 Å². The van der Waals surface area contributed by atoms with Gasteiger partial charge >= 0.3 is 0 Å². The molecule has 0 aliphatic carbocycles. The standard InChI is InChI=1S/C25H27F3N2O3/c1-31-20-9-4-17(5-10-20)15-30(16-18-6-11-21(32-2)12-7-18)24-22(26)14-19(8-13-23(27)28)25(29-24)33-3/h4-7,9-12,14,23H,8,13,15-16H2,1-3H3. The predicted octanol–water partition coefficient (Wildman–Crippen LogP) is 5.65. The van der Waals surface area contributed by atoms with Gasteiger partial charge in [0.1, 0.15) is 11.5 Å². The molecule has 0 bridgehead atoms. The molecule has 176 valence electrons. The first-order chi connectivity index (χ1) is 15.9. The van der Waals surface area contributed by atoms with Crippen LogP contribution in [0.15, 0.2) is 54.6 Å². The van der Waals surface area contributed by atoms with E-state index in [0.29, 0.717) is 18.7 Å². The fraction of sp³-hybridized carbons (Fsp3) is 0.320. The lowest BCUT2D eigenvalue weighted by atomic mass is 10.1. The normalized spacial score (nSPS) is 10.9. The van der Waals surface area contributed by atoms with E-state index in [4.69, 9.17) is 14.2 Å². The molecule has 1 heterocycles. The van der Waals surface area contributed by atoms with Crippen molar-refractivity contribution in [3.63, 3.8) is 0 Å². The zero-order chi connectivity index (χ0) is 23.8. The van der Waals surface area contributed by atoms with Crippen molar-refractivity contribution in [1.29, 1.82) is 0 Å². The van der Waals surface area contributed by atoms with E-state index >= 15 is 4.39 Å². The largest absolute Gasteiger partial charge is 0.497 e. The van der Waals surface area contributed by atoms with Gasteiger partial charge in [0.15, 0.2) is 11.6 Å². The van der Waals surface area contributed by atoms with Crippen LogP contribution in [0.2, 0.25) is 0 Å². The lowest BCUT2D eigenvalue weighted by Crippen LogP contribution is -2.25. The first kappa shape index (κ1) is 24.2. The Bertz CT molecular complexity index is 979. The highest BCUT2D eigenvalue weighted by Gasteiger charge is 2.20. The van der Waals surface area contributed by atoms with E-state index in [0.717, 1.165) is 22.6 Å². The average molecular weight is 460 g/mol. The summed E-state index contributed by atoms with van der Waals surface area (Å²) < 4.78 is 56.3. The molecule has 5 nitrogen and oxygen atoms in total. The summed E-state index contributed by atoms with van der Waals surface area (Å²) in [5, 5.41) is 0. The molecule has 33 heavy (non-hydrogen) atoms. The minimum absolute atomic E-state index is 0.0258. The maximum atomic E-state index is 15.2. The van der Waals surface area contributed by atoms with Crippen LogP contribution in [-0.4, -0.2) is 32.7 Å². The van der Waals surface area contributed by atoms with Gasteiger partial charge < -0.3 is 19.1 Å². The van der Waals surface area contributed by atoms with Gasteiger partial charge in [-0.05, 0) is 47.9 Å². The van der Waals surface area contributed by atoms with Gasteiger partial charge in [0, 0.05) is 25.1 Å². The Morgan fingerprint density at radius 1 is 0.818 bits per heavy atom. The van der Waals surface area contributed by atoms with Gasteiger partial charge in [-0.15, -0.1) is 0 Å². The van der Waals surface area contributed by atoms with Crippen molar-refractivity contribution in [2.24, 2.45) is 0 Å². The Morgan fingerprint density at radius 2 is 1.33 bits per heavy atom. The summed E-state index contributed by atoms with van der Waals surface area (Å²) in [6, 6.07) is 16.1. The second-order valence-electron chi connectivity index (χ2n) is 7.44. The van der Waals surface area contributed by atoms with Crippen molar-refractivity contribution in [3.8, 4) is 17.4 Å². The monoisotopic (exact) mass is 460 g/mol. The Kier molecular flexibility index (Phi) is 8.40. The van der Waals surface area contributed by atoms with Gasteiger partial charge in [-0.2, -0.15) is 4.98 Å². The van der Waals surface area contributed by atoms with Crippen LogP contribution in [0.3, 0.4) is 0 Å². The molecule has 0 unspecified atom stereocenters. The summed E-state index contributed by atoms with van der Waals surface area (Å²) >= 11 is 0. The Morgan fingerprint density at radius 3 is 1.76 bits per heavy atom. The van der Waals surface area contributed by atoms with Gasteiger partial charge in [-0.3, -0.25) is 0 Å². The molecule has 0 N–H and O–H groups in total. The highest BCUT2D eigenvalue weighted by Crippen LogP contribution is 2.29. The van der Waals surface area contributed by atoms with Gasteiger partial charge in [0.05, 0.1) is 21.3 Å². The molecule has 0 radical (unpaired) electrons. The van der Waals surface area contributed by atoms with Crippen molar-refractivity contribution < 1.29 is 27.4 Å². The first-order valence-corrected chi connectivity index (χ1v) is 10.5. The van der Waals surface area contributed by atoms with E-state index in [1.165, 1.54) is 13.2 Å². The number of hydrogen-bond donors (Lipinski definition) is 0. The van der Waals surface area contributed by atoms with Gasteiger partial charge in [0.2, 0.25) is 12.3 Å². The Labute approximate surface area is 191 Å². The number of benzene rings is 2. The third-order valence-corrected chi connectivity index (χ3v) is 5.19. The molecule has 0 atom stereocenters. The lowest BCUT2D eigenvalue weighted by Gasteiger charge is -2.26. The minimum Gasteiger partial charge on any atom is -0.497 e. The van der Waals surface area contributed by atoms with Crippen LogP contribution >= 0.6 is 0 Å². The molecule has 3 rings (SSSR count). The number of methoxy groups -OCH3 is 3. The number of pyridine rings is 1. The Hall–Kier alpha value is -3.42.